The fourth-order valence-electron chi connectivity index (χ4n) is 2.04. The van der Waals surface area contributed by atoms with Crippen molar-refractivity contribution in [1.29, 1.82) is 5.26 Å². The predicted molar refractivity (Wildman–Crippen MR) is 76.4 cm³/mol. The van der Waals surface area contributed by atoms with Crippen LogP contribution in [0.2, 0.25) is 4.34 Å². The third-order valence-electron chi connectivity index (χ3n) is 3.20. The second-order valence-electron chi connectivity index (χ2n) is 4.67. The van der Waals surface area contributed by atoms with E-state index in [4.69, 9.17) is 16.9 Å². The molecule has 5 nitrogen and oxygen atoms in total. The fourth-order valence-corrected chi connectivity index (χ4v) is 3.12. The van der Waals surface area contributed by atoms with Gasteiger partial charge in [0.2, 0.25) is 0 Å². The first-order valence-corrected chi connectivity index (χ1v) is 7.30. The van der Waals surface area contributed by atoms with Gasteiger partial charge in [0.05, 0.1) is 10.9 Å². The minimum absolute atomic E-state index is 0.000784. The van der Waals surface area contributed by atoms with E-state index in [0.717, 1.165) is 22.3 Å². The van der Waals surface area contributed by atoms with Crippen molar-refractivity contribution < 1.29 is 0 Å². The molecule has 2 aromatic rings. The Morgan fingerprint density at radius 1 is 1.40 bits per heavy atom. The van der Waals surface area contributed by atoms with E-state index in [-0.39, 0.29) is 23.8 Å². The topological polar surface area (TPSA) is 67.8 Å². The van der Waals surface area contributed by atoms with E-state index in [1.165, 1.54) is 22.1 Å². The highest BCUT2D eigenvalue weighted by molar-refractivity contribution is 7.16. The number of hydrogen-bond acceptors (Lipinski definition) is 4. The van der Waals surface area contributed by atoms with Crippen molar-refractivity contribution in [3.8, 4) is 6.07 Å². The average molecular weight is 308 g/mol. The Morgan fingerprint density at radius 3 is 2.70 bits per heavy atom. The molecular weight excluding hydrogens is 298 g/mol. The predicted octanol–water partition coefficient (Wildman–Crippen LogP) is 1.98. The summed E-state index contributed by atoms with van der Waals surface area (Å²) in [6.07, 6.45) is 3.20. The highest BCUT2D eigenvalue weighted by Crippen LogP contribution is 2.33. The van der Waals surface area contributed by atoms with E-state index < -0.39 is 5.56 Å². The van der Waals surface area contributed by atoms with Gasteiger partial charge < -0.3 is 0 Å². The first-order chi connectivity index (χ1) is 9.60. The average Bonchev–Trinajstić information content (AvgIpc) is 3.18. The number of aromatic nitrogens is 2. The summed E-state index contributed by atoms with van der Waals surface area (Å²) in [4.78, 5) is 25.3. The molecule has 0 bridgehead atoms. The van der Waals surface area contributed by atoms with Gasteiger partial charge >= 0.3 is 5.69 Å². The monoisotopic (exact) mass is 307 g/mol. The molecule has 2 heterocycles. The molecule has 0 aromatic carbocycles. The molecule has 1 saturated carbocycles. The van der Waals surface area contributed by atoms with Crippen LogP contribution in [0.4, 0.5) is 0 Å². The van der Waals surface area contributed by atoms with Gasteiger partial charge in [-0.05, 0) is 25.0 Å². The molecule has 0 saturated heterocycles. The zero-order valence-corrected chi connectivity index (χ0v) is 11.9. The van der Waals surface area contributed by atoms with E-state index in [0.29, 0.717) is 4.34 Å². The largest absolute Gasteiger partial charge is 0.331 e. The van der Waals surface area contributed by atoms with Crippen molar-refractivity contribution in [1.82, 2.24) is 9.13 Å². The van der Waals surface area contributed by atoms with E-state index >= 15 is 0 Å². The van der Waals surface area contributed by atoms with Crippen LogP contribution in [0.15, 0.2) is 27.9 Å². The molecule has 1 aliphatic carbocycles. The van der Waals surface area contributed by atoms with Gasteiger partial charge in [-0.15, -0.1) is 11.3 Å². The summed E-state index contributed by atoms with van der Waals surface area (Å²) in [5.74, 6) is 0. The van der Waals surface area contributed by atoms with E-state index in [1.54, 1.807) is 12.1 Å². The van der Waals surface area contributed by atoms with E-state index in [2.05, 4.69) is 0 Å². The molecule has 0 aliphatic heterocycles. The maximum atomic E-state index is 12.3. The lowest BCUT2D eigenvalue weighted by Gasteiger charge is -2.09. The van der Waals surface area contributed by atoms with Crippen LogP contribution in [0.25, 0.3) is 0 Å². The quantitative estimate of drug-likeness (QED) is 0.870. The van der Waals surface area contributed by atoms with Gasteiger partial charge in [-0.1, -0.05) is 11.6 Å². The van der Waals surface area contributed by atoms with Gasteiger partial charge in [0.1, 0.15) is 11.6 Å². The van der Waals surface area contributed by atoms with Crippen molar-refractivity contribution in [2.45, 2.75) is 25.4 Å². The molecular formula is C13H10ClN3O2S. The smallest absolute Gasteiger partial charge is 0.296 e. The maximum Gasteiger partial charge on any atom is 0.331 e. The SMILES string of the molecule is N#Cc1cn(C2CC2)c(=O)n(Cc2ccc(Cl)s2)c1=O. The van der Waals surface area contributed by atoms with Crippen LogP contribution in [-0.2, 0) is 6.54 Å². The summed E-state index contributed by atoms with van der Waals surface area (Å²) in [6, 6.07) is 5.48. The third-order valence-corrected chi connectivity index (χ3v) is 4.41. The standard InChI is InChI=1S/C13H10ClN3O2S/c14-11-4-3-10(20-11)7-17-12(18)8(5-15)6-16(13(17)19)9-1-2-9/h3-4,6,9H,1-2,7H2. The Balaban J connectivity index is 2.13. The molecule has 3 rings (SSSR count). The summed E-state index contributed by atoms with van der Waals surface area (Å²) >= 11 is 7.17. The molecule has 0 amide bonds. The molecule has 0 spiro atoms. The van der Waals surface area contributed by atoms with Crippen molar-refractivity contribution in [2.75, 3.05) is 0 Å². The highest BCUT2D eigenvalue weighted by atomic mass is 35.5. The number of rotatable bonds is 3. The molecule has 0 unspecified atom stereocenters. The molecule has 20 heavy (non-hydrogen) atoms. The molecule has 0 radical (unpaired) electrons. The number of hydrogen-bond donors (Lipinski definition) is 0. The Kier molecular flexibility index (Phi) is 3.24. The molecule has 1 aliphatic rings. The number of nitriles is 1. The van der Waals surface area contributed by atoms with Crippen molar-refractivity contribution in [3.63, 3.8) is 0 Å². The normalized spacial score (nSPS) is 14.2. The summed E-state index contributed by atoms with van der Waals surface area (Å²) in [5, 5.41) is 9.03. The highest BCUT2D eigenvalue weighted by Gasteiger charge is 2.26. The van der Waals surface area contributed by atoms with Gasteiger partial charge in [-0.3, -0.25) is 13.9 Å². The number of nitrogens with zero attached hydrogens (tertiary/aromatic N) is 3. The first kappa shape index (κ1) is 13.2. The van der Waals surface area contributed by atoms with Crippen LogP contribution in [-0.4, -0.2) is 9.13 Å². The molecule has 0 atom stereocenters. The zero-order valence-electron chi connectivity index (χ0n) is 10.4. The number of thiophene rings is 1. The maximum absolute atomic E-state index is 12.3. The van der Waals surface area contributed by atoms with Crippen LogP contribution in [0.5, 0.6) is 0 Å². The Labute approximate surface area is 123 Å². The van der Waals surface area contributed by atoms with Crippen LogP contribution >= 0.6 is 22.9 Å². The lowest BCUT2D eigenvalue weighted by atomic mass is 10.3. The van der Waals surface area contributed by atoms with Crippen LogP contribution in [0.3, 0.4) is 0 Å². The first-order valence-electron chi connectivity index (χ1n) is 6.10. The summed E-state index contributed by atoms with van der Waals surface area (Å²) in [5.41, 5.74) is -0.904. The van der Waals surface area contributed by atoms with Crippen LogP contribution in [0.1, 0.15) is 29.3 Å². The van der Waals surface area contributed by atoms with Gasteiger partial charge in [-0.2, -0.15) is 5.26 Å². The van der Waals surface area contributed by atoms with Crippen LogP contribution in [0, 0.1) is 11.3 Å². The van der Waals surface area contributed by atoms with Crippen LogP contribution < -0.4 is 11.2 Å². The lowest BCUT2D eigenvalue weighted by Crippen LogP contribution is -2.40. The minimum atomic E-state index is -0.543. The zero-order chi connectivity index (χ0) is 14.3. The summed E-state index contributed by atoms with van der Waals surface area (Å²) < 4.78 is 3.21. The second kappa shape index (κ2) is 4.93. The Bertz CT molecular complexity index is 823. The van der Waals surface area contributed by atoms with Gasteiger partial charge in [0.25, 0.3) is 5.56 Å². The molecule has 1 fully saturated rings. The molecule has 0 N–H and O–H groups in total. The molecule has 2 aromatic heterocycles. The minimum Gasteiger partial charge on any atom is -0.296 e. The fraction of sp³-hybridized carbons (Fsp3) is 0.308. The summed E-state index contributed by atoms with van der Waals surface area (Å²) in [6.45, 7) is 0.150. The Hall–Kier alpha value is -1.84. The third kappa shape index (κ3) is 2.30. The molecule has 102 valence electrons. The number of halogens is 1. The van der Waals surface area contributed by atoms with Gasteiger partial charge in [-0.25, -0.2) is 4.79 Å². The second-order valence-corrected chi connectivity index (χ2v) is 6.47. The van der Waals surface area contributed by atoms with Crippen molar-refractivity contribution in [2.24, 2.45) is 0 Å². The van der Waals surface area contributed by atoms with E-state index in [9.17, 15) is 9.59 Å². The lowest BCUT2D eigenvalue weighted by molar-refractivity contribution is 0.590. The molecule has 7 heteroatoms. The summed E-state index contributed by atoms with van der Waals surface area (Å²) in [7, 11) is 0. The van der Waals surface area contributed by atoms with E-state index in [1.807, 2.05) is 6.07 Å². The van der Waals surface area contributed by atoms with Crippen molar-refractivity contribution in [3.05, 3.63) is 53.9 Å². The van der Waals surface area contributed by atoms with Gasteiger partial charge in [0.15, 0.2) is 0 Å². The van der Waals surface area contributed by atoms with Gasteiger partial charge in [0, 0.05) is 17.1 Å². The Morgan fingerprint density at radius 2 is 2.15 bits per heavy atom. The van der Waals surface area contributed by atoms with Crippen molar-refractivity contribution >= 4 is 22.9 Å².